The van der Waals surface area contributed by atoms with E-state index >= 15 is 0 Å². The molecule has 0 radical (unpaired) electrons. The van der Waals surface area contributed by atoms with Gasteiger partial charge in [-0.1, -0.05) is 0 Å². The molecular formula is C10H7N3O3. The average molecular weight is 217 g/mol. The standard InChI is InChI=1S/C10H7N3O3/c1-16-10-8(2-3-11)4-7(6-12)5-9(10)13(14)15/h4-5H,2H2,1H3. The summed E-state index contributed by atoms with van der Waals surface area (Å²) in [6, 6.07) is 6.20. The van der Waals surface area contributed by atoms with Crippen LogP contribution in [0.15, 0.2) is 12.1 Å². The van der Waals surface area contributed by atoms with E-state index in [1.165, 1.54) is 13.2 Å². The number of rotatable bonds is 3. The van der Waals surface area contributed by atoms with Gasteiger partial charge in [0.25, 0.3) is 0 Å². The van der Waals surface area contributed by atoms with E-state index in [-0.39, 0.29) is 23.4 Å². The molecule has 1 aromatic rings. The van der Waals surface area contributed by atoms with Crippen LogP contribution in [0.1, 0.15) is 11.1 Å². The topological polar surface area (TPSA) is 99.9 Å². The zero-order chi connectivity index (χ0) is 12.1. The van der Waals surface area contributed by atoms with E-state index in [4.69, 9.17) is 15.3 Å². The second-order valence-corrected chi connectivity index (χ2v) is 2.89. The van der Waals surface area contributed by atoms with Crippen molar-refractivity contribution in [2.45, 2.75) is 6.42 Å². The number of ether oxygens (including phenoxy) is 1. The summed E-state index contributed by atoms with van der Waals surface area (Å²) in [4.78, 5) is 10.1. The molecule has 0 aliphatic carbocycles. The van der Waals surface area contributed by atoms with Gasteiger partial charge in [-0.05, 0) is 6.07 Å². The van der Waals surface area contributed by atoms with Crippen molar-refractivity contribution in [1.29, 1.82) is 10.5 Å². The van der Waals surface area contributed by atoms with Gasteiger partial charge in [0.15, 0.2) is 0 Å². The first-order valence-corrected chi connectivity index (χ1v) is 4.26. The van der Waals surface area contributed by atoms with E-state index in [0.29, 0.717) is 5.56 Å². The highest BCUT2D eigenvalue weighted by molar-refractivity contribution is 5.57. The summed E-state index contributed by atoms with van der Waals surface area (Å²) in [6.45, 7) is 0. The van der Waals surface area contributed by atoms with Crippen LogP contribution in [-0.4, -0.2) is 12.0 Å². The molecule has 0 aromatic heterocycles. The molecule has 1 rings (SSSR count). The average Bonchev–Trinajstić information content (AvgIpc) is 2.28. The monoisotopic (exact) mass is 217 g/mol. The van der Waals surface area contributed by atoms with Crippen molar-refractivity contribution in [3.05, 3.63) is 33.4 Å². The third-order valence-corrected chi connectivity index (χ3v) is 1.95. The molecule has 0 N–H and O–H groups in total. The van der Waals surface area contributed by atoms with Crippen LogP contribution >= 0.6 is 0 Å². The first-order chi connectivity index (χ1) is 7.63. The molecule has 0 saturated heterocycles. The minimum Gasteiger partial charge on any atom is -0.490 e. The second-order valence-electron chi connectivity index (χ2n) is 2.89. The fourth-order valence-corrected chi connectivity index (χ4v) is 1.32. The fourth-order valence-electron chi connectivity index (χ4n) is 1.32. The Balaban J connectivity index is 3.48. The summed E-state index contributed by atoms with van der Waals surface area (Å²) < 4.78 is 4.89. The summed E-state index contributed by atoms with van der Waals surface area (Å²) in [5.74, 6) is 0.0329. The van der Waals surface area contributed by atoms with E-state index in [1.807, 2.05) is 6.07 Å². The lowest BCUT2D eigenvalue weighted by Gasteiger charge is -2.06. The smallest absolute Gasteiger partial charge is 0.312 e. The third kappa shape index (κ3) is 2.07. The molecule has 0 saturated carbocycles. The van der Waals surface area contributed by atoms with Crippen LogP contribution in [0.2, 0.25) is 0 Å². The van der Waals surface area contributed by atoms with Gasteiger partial charge in [-0.3, -0.25) is 10.1 Å². The van der Waals surface area contributed by atoms with Gasteiger partial charge in [-0.25, -0.2) is 0 Å². The molecule has 0 amide bonds. The Morgan fingerprint density at radius 1 is 1.50 bits per heavy atom. The number of hydrogen-bond acceptors (Lipinski definition) is 5. The molecule has 0 atom stereocenters. The van der Waals surface area contributed by atoms with Gasteiger partial charge in [0.1, 0.15) is 0 Å². The third-order valence-electron chi connectivity index (χ3n) is 1.95. The Morgan fingerprint density at radius 3 is 2.62 bits per heavy atom. The number of nitrogens with zero attached hydrogens (tertiary/aromatic N) is 3. The van der Waals surface area contributed by atoms with E-state index in [0.717, 1.165) is 6.07 Å². The predicted octanol–water partition coefficient (Wildman–Crippen LogP) is 1.54. The van der Waals surface area contributed by atoms with Crippen LogP contribution < -0.4 is 4.74 Å². The van der Waals surface area contributed by atoms with Crippen molar-refractivity contribution in [2.75, 3.05) is 7.11 Å². The van der Waals surface area contributed by atoms with Crippen LogP contribution in [0.3, 0.4) is 0 Å². The van der Waals surface area contributed by atoms with Gasteiger partial charge in [0.2, 0.25) is 5.75 Å². The van der Waals surface area contributed by atoms with Crippen molar-refractivity contribution < 1.29 is 9.66 Å². The Kier molecular flexibility index (Phi) is 3.41. The molecule has 0 bridgehead atoms. The van der Waals surface area contributed by atoms with Crippen LogP contribution in [0, 0.1) is 32.8 Å². The lowest BCUT2D eigenvalue weighted by atomic mass is 10.1. The van der Waals surface area contributed by atoms with Crippen LogP contribution in [0.4, 0.5) is 5.69 Å². The van der Waals surface area contributed by atoms with E-state index in [2.05, 4.69) is 0 Å². The van der Waals surface area contributed by atoms with Gasteiger partial charge in [0, 0.05) is 11.6 Å². The van der Waals surface area contributed by atoms with Crippen molar-refractivity contribution >= 4 is 5.69 Å². The molecule has 0 unspecified atom stereocenters. The van der Waals surface area contributed by atoms with E-state index < -0.39 is 4.92 Å². The Bertz CT molecular complexity index is 511. The summed E-state index contributed by atoms with van der Waals surface area (Å²) in [5.41, 5.74) is 0.181. The van der Waals surface area contributed by atoms with Gasteiger partial charge in [0.05, 0.1) is 36.2 Å². The normalized spacial score (nSPS) is 8.94. The minimum absolute atomic E-state index is 0.0329. The molecule has 0 fully saturated rings. The molecule has 0 spiro atoms. The summed E-state index contributed by atoms with van der Waals surface area (Å²) in [5, 5.41) is 28.0. The number of nitro groups is 1. The molecule has 6 heteroatoms. The maximum absolute atomic E-state index is 10.7. The summed E-state index contributed by atoms with van der Waals surface area (Å²) in [7, 11) is 1.29. The van der Waals surface area contributed by atoms with Gasteiger partial charge >= 0.3 is 5.69 Å². The van der Waals surface area contributed by atoms with Crippen molar-refractivity contribution in [3.63, 3.8) is 0 Å². The number of nitriles is 2. The molecule has 1 aromatic carbocycles. The first-order valence-electron chi connectivity index (χ1n) is 4.26. The maximum Gasteiger partial charge on any atom is 0.312 e. The lowest BCUT2D eigenvalue weighted by molar-refractivity contribution is -0.385. The lowest BCUT2D eigenvalue weighted by Crippen LogP contribution is -1.99. The Labute approximate surface area is 91.4 Å². The van der Waals surface area contributed by atoms with E-state index in [9.17, 15) is 10.1 Å². The zero-order valence-electron chi connectivity index (χ0n) is 8.43. The van der Waals surface area contributed by atoms with E-state index in [1.54, 1.807) is 6.07 Å². The maximum atomic E-state index is 10.7. The van der Waals surface area contributed by atoms with Crippen LogP contribution in [0.25, 0.3) is 0 Å². The van der Waals surface area contributed by atoms with Gasteiger partial charge < -0.3 is 4.74 Å². The molecule has 16 heavy (non-hydrogen) atoms. The highest BCUT2D eigenvalue weighted by atomic mass is 16.6. The van der Waals surface area contributed by atoms with Crippen molar-refractivity contribution in [3.8, 4) is 17.9 Å². The highest BCUT2D eigenvalue weighted by Gasteiger charge is 2.20. The first kappa shape index (κ1) is 11.5. The molecule has 0 heterocycles. The fraction of sp³-hybridized carbons (Fsp3) is 0.200. The highest BCUT2D eigenvalue weighted by Crippen LogP contribution is 2.32. The molecular weight excluding hydrogens is 210 g/mol. The summed E-state index contributed by atoms with van der Waals surface area (Å²) in [6.07, 6.45) is -0.0421. The van der Waals surface area contributed by atoms with Crippen LogP contribution in [-0.2, 0) is 6.42 Å². The van der Waals surface area contributed by atoms with Crippen LogP contribution in [0.5, 0.6) is 5.75 Å². The predicted molar refractivity (Wildman–Crippen MR) is 53.7 cm³/mol. The Hall–Kier alpha value is -2.60. The molecule has 80 valence electrons. The van der Waals surface area contributed by atoms with Crippen molar-refractivity contribution in [1.82, 2.24) is 0 Å². The minimum atomic E-state index is -0.638. The second kappa shape index (κ2) is 4.76. The number of methoxy groups -OCH3 is 1. The molecule has 6 nitrogen and oxygen atoms in total. The molecule has 0 aliphatic rings. The summed E-state index contributed by atoms with van der Waals surface area (Å²) >= 11 is 0. The molecule has 0 aliphatic heterocycles. The van der Waals surface area contributed by atoms with Gasteiger partial charge in [-0.2, -0.15) is 10.5 Å². The van der Waals surface area contributed by atoms with Gasteiger partial charge in [-0.15, -0.1) is 0 Å². The number of nitro benzene ring substituents is 1. The number of benzene rings is 1. The largest absolute Gasteiger partial charge is 0.490 e. The van der Waals surface area contributed by atoms with Crippen molar-refractivity contribution in [2.24, 2.45) is 0 Å². The number of hydrogen-bond donors (Lipinski definition) is 0. The Morgan fingerprint density at radius 2 is 2.19 bits per heavy atom. The SMILES string of the molecule is COc1c(CC#N)cc(C#N)cc1[N+](=O)[O-]. The zero-order valence-corrected chi connectivity index (χ0v) is 8.43. The quantitative estimate of drug-likeness (QED) is 0.564.